The molecule has 0 aliphatic carbocycles. The Kier molecular flexibility index (Phi) is 3.33. The second-order valence-electron chi connectivity index (χ2n) is 3.60. The normalized spacial score (nSPS) is 27.4. The lowest BCUT2D eigenvalue weighted by molar-refractivity contribution is -0.143. The van der Waals surface area contributed by atoms with Gasteiger partial charge in [-0.1, -0.05) is 6.92 Å². The van der Waals surface area contributed by atoms with Crippen LogP contribution in [0, 0.1) is 5.92 Å². The van der Waals surface area contributed by atoms with Crippen LogP contribution in [0.15, 0.2) is 0 Å². The number of carbonyl (C=O) groups is 2. The average Bonchev–Trinajstić information content (AvgIpc) is 2.16. The summed E-state index contributed by atoms with van der Waals surface area (Å²) in [5, 5.41) is 17.7. The molecule has 1 aliphatic heterocycles. The summed E-state index contributed by atoms with van der Waals surface area (Å²) in [7, 11) is 0. The van der Waals surface area contributed by atoms with E-state index in [1.54, 1.807) is 0 Å². The first-order valence-electron chi connectivity index (χ1n) is 4.78. The zero-order valence-corrected chi connectivity index (χ0v) is 8.14. The van der Waals surface area contributed by atoms with Crippen LogP contribution in [-0.2, 0) is 4.79 Å². The van der Waals surface area contributed by atoms with Gasteiger partial charge in [0.1, 0.15) is 0 Å². The molecule has 0 aromatic carbocycles. The lowest BCUT2D eigenvalue weighted by Gasteiger charge is -2.35. The molecule has 80 valence electrons. The molecule has 2 N–H and O–H groups in total. The number of aliphatic carboxylic acids is 1. The number of hydrogen-bond donors (Lipinski definition) is 2. The lowest BCUT2D eigenvalue weighted by atomic mass is 9.90. The van der Waals surface area contributed by atoms with Crippen LogP contribution in [0.2, 0.25) is 0 Å². The van der Waals surface area contributed by atoms with Gasteiger partial charge in [-0.25, -0.2) is 4.79 Å². The molecule has 0 bridgehead atoms. The fourth-order valence-corrected chi connectivity index (χ4v) is 1.91. The molecule has 1 fully saturated rings. The summed E-state index contributed by atoms with van der Waals surface area (Å²) in [6.07, 6.45) is 0.604. The zero-order valence-electron chi connectivity index (χ0n) is 8.14. The summed E-state index contributed by atoms with van der Waals surface area (Å²) >= 11 is 0. The van der Waals surface area contributed by atoms with E-state index in [4.69, 9.17) is 10.2 Å². The molecular weight excluding hydrogens is 186 g/mol. The third-order valence-electron chi connectivity index (χ3n) is 2.78. The second-order valence-corrected chi connectivity index (χ2v) is 3.60. The van der Waals surface area contributed by atoms with E-state index in [0.717, 1.165) is 0 Å². The molecule has 0 radical (unpaired) electrons. The summed E-state index contributed by atoms with van der Waals surface area (Å²) in [5.41, 5.74) is 0. The van der Waals surface area contributed by atoms with Gasteiger partial charge in [0.25, 0.3) is 0 Å². The first-order chi connectivity index (χ1) is 6.56. The van der Waals surface area contributed by atoms with Crippen LogP contribution in [0.3, 0.4) is 0 Å². The Morgan fingerprint density at radius 1 is 1.43 bits per heavy atom. The van der Waals surface area contributed by atoms with Crippen LogP contribution in [0.4, 0.5) is 4.79 Å². The van der Waals surface area contributed by atoms with Gasteiger partial charge in [0.15, 0.2) is 0 Å². The molecule has 2 atom stereocenters. The molecule has 2 unspecified atom stereocenters. The number of rotatable bonds is 2. The van der Waals surface area contributed by atoms with Gasteiger partial charge < -0.3 is 15.1 Å². The largest absolute Gasteiger partial charge is 0.481 e. The summed E-state index contributed by atoms with van der Waals surface area (Å²) in [6.45, 7) is 2.22. The lowest BCUT2D eigenvalue weighted by Crippen LogP contribution is -2.46. The van der Waals surface area contributed by atoms with Crippen LogP contribution in [-0.4, -0.2) is 39.8 Å². The van der Waals surface area contributed by atoms with E-state index in [0.29, 0.717) is 25.8 Å². The molecule has 0 aromatic heterocycles. The number of carboxylic acid groups (broad SMARTS) is 2. The van der Waals surface area contributed by atoms with Crippen molar-refractivity contribution in [1.29, 1.82) is 0 Å². The first kappa shape index (κ1) is 10.8. The predicted molar refractivity (Wildman–Crippen MR) is 49.2 cm³/mol. The average molecular weight is 201 g/mol. The van der Waals surface area contributed by atoms with Crippen LogP contribution in [0.25, 0.3) is 0 Å². The highest BCUT2D eigenvalue weighted by molar-refractivity contribution is 5.71. The maximum atomic E-state index is 10.8. The third kappa shape index (κ3) is 2.16. The summed E-state index contributed by atoms with van der Waals surface area (Å²) in [4.78, 5) is 22.9. The molecule has 1 aliphatic rings. The molecule has 1 rings (SSSR count). The SMILES string of the molecule is CCC1CC(C(=O)O)CCN1C(=O)O. The van der Waals surface area contributed by atoms with Gasteiger partial charge in [0.05, 0.1) is 5.92 Å². The minimum atomic E-state index is -0.944. The number of nitrogens with zero attached hydrogens (tertiary/aromatic N) is 1. The number of hydrogen-bond acceptors (Lipinski definition) is 2. The van der Waals surface area contributed by atoms with E-state index >= 15 is 0 Å². The van der Waals surface area contributed by atoms with Crippen LogP contribution in [0.1, 0.15) is 26.2 Å². The van der Waals surface area contributed by atoms with Crippen molar-refractivity contribution in [3.8, 4) is 0 Å². The zero-order chi connectivity index (χ0) is 10.7. The number of amides is 1. The highest BCUT2D eigenvalue weighted by Crippen LogP contribution is 2.24. The monoisotopic (exact) mass is 201 g/mol. The molecule has 0 saturated carbocycles. The fraction of sp³-hybridized carbons (Fsp3) is 0.778. The minimum absolute atomic E-state index is 0.137. The molecule has 5 heteroatoms. The summed E-state index contributed by atoms with van der Waals surface area (Å²) in [5.74, 6) is -1.19. The van der Waals surface area contributed by atoms with Crippen molar-refractivity contribution in [3.63, 3.8) is 0 Å². The van der Waals surface area contributed by atoms with Crippen LogP contribution < -0.4 is 0 Å². The van der Waals surface area contributed by atoms with Gasteiger partial charge in [-0.2, -0.15) is 0 Å². The van der Waals surface area contributed by atoms with E-state index < -0.39 is 12.1 Å². The van der Waals surface area contributed by atoms with E-state index in [1.807, 2.05) is 6.92 Å². The van der Waals surface area contributed by atoms with Crippen molar-refractivity contribution in [3.05, 3.63) is 0 Å². The van der Waals surface area contributed by atoms with Gasteiger partial charge in [-0.05, 0) is 19.3 Å². The van der Waals surface area contributed by atoms with Crippen molar-refractivity contribution >= 4 is 12.1 Å². The first-order valence-corrected chi connectivity index (χ1v) is 4.78. The maximum absolute atomic E-state index is 10.8. The van der Waals surface area contributed by atoms with E-state index in [2.05, 4.69) is 0 Å². The fourth-order valence-electron chi connectivity index (χ4n) is 1.91. The summed E-state index contributed by atoms with van der Waals surface area (Å²) < 4.78 is 0. The van der Waals surface area contributed by atoms with E-state index in [9.17, 15) is 9.59 Å². The standard InChI is InChI=1S/C9H15NO4/c1-2-7-5-6(8(11)12)3-4-10(7)9(13)14/h6-7H,2-5H2,1H3,(H,11,12)(H,13,14). The molecule has 1 saturated heterocycles. The summed E-state index contributed by atoms with van der Waals surface area (Å²) in [6, 6.07) is -0.137. The molecule has 5 nitrogen and oxygen atoms in total. The van der Waals surface area contributed by atoms with Crippen LogP contribution >= 0.6 is 0 Å². The van der Waals surface area contributed by atoms with Gasteiger partial charge >= 0.3 is 12.1 Å². The number of carboxylic acids is 1. The van der Waals surface area contributed by atoms with Crippen molar-refractivity contribution in [2.75, 3.05) is 6.54 Å². The van der Waals surface area contributed by atoms with Crippen molar-refractivity contribution in [2.24, 2.45) is 5.92 Å². The van der Waals surface area contributed by atoms with Gasteiger partial charge in [-0.3, -0.25) is 4.79 Å². The number of likely N-dealkylation sites (tertiary alicyclic amines) is 1. The Balaban J connectivity index is 2.63. The van der Waals surface area contributed by atoms with Gasteiger partial charge in [0, 0.05) is 12.6 Å². The Morgan fingerprint density at radius 2 is 2.07 bits per heavy atom. The number of piperidine rings is 1. The molecule has 1 amide bonds. The molecular formula is C9H15NO4. The Morgan fingerprint density at radius 3 is 2.50 bits per heavy atom. The Labute approximate surface area is 82.3 Å². The second kappa shape index (κ2) is 4.30. The van der Waals surface area contributed by atoms with Gasteiger partial charge in [-0.15, -0.1) is 0 Å². The molecule has 14 heavy (non-hydrogen) atoms. The quantitative estimate of drug-likeness (QED) is 0.704. The highest BCUT2D eigenvalue weighted by Gasteiger charge is 2.33. The van der Waals surface area contributed by atoms with Gasteiger partial charge in [0.2, 0.25) is 0 Å². The smallest absolute Gasteiger partial charge is 0.407 e. The Hall–Kier alpha value is -1.26. The maximum Gasteiger partial charge on any atom is 0.407 e. The van der Waals surface area contributed by atoms with Crippen molar-refractivity contribution < 1.29 is 19.8 Å². The minimum Gasteiger partial charge on any atom is -0.481 e. The topological polar surface area (TPSA) is 77.8 Å². The molecule has 0 aromatic rings. The third-order valence-corrected chi connectivity index (χ3v) is 2.78. The predicted octanol–water partition coefficient (Wildman–Crippen LogP) is 1.24. The van der Waals surface area contributed by atoms with Crippen molar-refractivity contribution in [2.45, 2.75) is 32.2 Å². The molecule has 1 heterocycles. The highest BCUT2D eigenvalue weighted by atomic mass is 16.4. The van der Waals surface area contributed by atoms with Crippen LogP contribution in [0.5, 0.6) is 0 Å². The Bertz CT molecular complexity index is 241. The van der Waals surface area contributed by atoms with Crippen molar-refractivity contribution in [1.82, 2.24) is 4.90 Å². The molecule has 0 spiro atoms. The van der Waals surface area contributed by atoms with E-state index in [-0.39, 0.29) is 12.0 Å². The van der Waals surface area contributed by atoms with E-state index in [1.165, 1.54) is 4.90 Å².